The van der Waals surface area contributed by atoms with Gasteiger partial charge >= 0.3 is 0 Å². The van der Waals surface area contributed by atoms with Gasteiger partial charge < -0.3 is 0 Å². The molecule has 21 heavy (non-hydrogen) atoms. The van der Waals surface area contributed by atoms with Crippen molar-refractivity contribution in [2.45, 2.75) is 0 Å². The number of hydrogen-bond acceptors (Lipinski definition) is 4. The van der Waals surface area contributed by atoms with Crippen LogP contribution >= 0.6 is 11.3 Å². The van der Waals surface area contributed by atoms with Crippen molar-refractivity contribution >= 4 is 16.2 Å². The highest BCUT2D eigenvalue weighted by Crippen LogP contribution is 2.31. The molecule has 1 aromatic carbocycles. The van der Waals surface area contributed by atoms with Gasteiger partial charge in [0.25, 0.3) is 0 Å². The smallest absolute Gasteiger partial charge is 0.146 e. The number of H-pyrrole nitrogens is 1. The van der Waals surface area contributed by atoms with Crippen LogP contribution in [0.1, 0.15) is 5.56 Å². The van der Waals surface area contributed by atoms with E-state index in [2.05, 4.69) is 20.7 Å². The van der Waals surface area contributed by atoms with Crippen LogP contribution in [0.3, 0.4) is 0 Å². The summed E-state index contributed by atoms with van der Waals surface area (Å²) in [6.07, 6.45) is 3.78. The summed E-state index contributed by atoms with van der Waals surface area (Å²) in [6.45, 7) is 0. The van der Waals surface area contributed by atoms with Crippen LogP contribution in [-0.4, -0.2) is 19.6 Å². The highest BCUT2D eigenvalue weighted by Gasteiger charge is 2.16. The molecule has 0 saturated heterocycles. The van der Waals surface area contributed by atoms with Crippen molar-refractivity contribution in [2.75, 3.05) is 0 Å². The molecule has 5 nitrogen and oxygen atoms in total. The standard InChI is InChI=1S/C15H9N5S/c16-9-10-1-3-11(4-2-10)14-18-13(12-5-6-17-19-12)15-20(14)7-8-21-15/h1-8H,(H,17,19). The fourth-order valence-electron chi connectivity index (χ4n) is 2.28. The molecule has 3 heterocycles. The number of aromatic nitrogens is 4. The van der Waals surface area contributed by atoms with Crippen molar-refractivity contribution in [3.05, 3.63) is 53.7 Å². The number of nitrogens with zero attached hydrogens (tertiary/aromatic N) is 4. The van der Waals surface area contributed by atoms with E-state index >= 15 is 0 Å². The molecule has 0 aliphatic carbocycles. The number of nitrogens with one attached hydrogen (secondary N) is 1. The van der Waals surface area contributed by atoms with Gasteiger partial charge in [-0.15, -0.1) is 11.3 Å². The van der Waals surface area contributed by atoms with E-state index in [1.165, 1.54) is 0 Å². The predicted octanol–water partition coefficient (Wildman–Crippen LogP) is 3.32. The lowest BCUT2D eigenvalue weighted by molar-refractivity contribution is 1.09. The molecule has 0 fully saturated rings. The van der Waals surface area contributed by atoms with Gasteiger partial charge in [0.05, 0.1) is 11.6 Å². The SMILES string of the molecule is N#Cc1ccc(-c2nc(-c3cc[nH]n3)c3sccn23)cc1. The van der Waals surface area contributed by atoms with Gasteiger partial charge in [-0.25, -0.2) is 4.98 Å². The van der Waals surface area contributed by atoms with Crippen molar-refractivity contribution < 1.29 is 0 Å². The van der Waals surface area contributed by atoms with Gasteiger partial charge in [0, 0.05) is 23.3 Å². The molecular weight excluding hydrogens is 282 g/mol. The van der Waals surface area contributed by atoms with Crippen LogP contribution in [0, 0.1) is 11.3 Å². The highest BCUT2D eigenvalue weighted by atomic mass is 32.1. The fourth-order valence-corrected chi connectivity index (χ4v) is 3.12. The predicted molar refractivity (Wildman–Crippen MR) is 80.8 cm³/mol. The van der Waals surface area contributed by atoms with Crippen LogP contribution in [0.5, 0.6) is 0 Å². The lowest BCUT2D eigenvalue weighted by Gasteiger charge is -1.98. The number of rotatable bonds is 2. The van der Waals surface area contributed by atoms with E-state index in [-0.39, 0.29) is 0 Å². The van der Waals surface area contributed by atoms with E-state index in [9.17, 15) is 0 Å². The van der Waals surface area contributed by atoms with Crippen molar-refractivity contribution in [3.63, 3.8) is 0 Å². The molecule has 4 aromatic rings. The second-order valence-corrected chi connectivity index (χ2v) is 5.41. The molecule has 0 aliphatic rings. The number of nitriles is 1. The van der Waals surface area contributed by atoms with Crippen molar-refractivity contribution in [1.29, 1.82) is 5.26 Å². The van der Waals surface area contributed by atoms with E-state index in [4.69, 9.17) is 10.2 Å². The summed E-state index contributed by atoms with van der Waals surface area (Å²) >= 11 is 1.63. The van der Waals surface area contributed by atoms with Crippen molar-refractivity contribution in [1.82, 2.24) is 19.6 Å². The zero-order valence-electron chi connectivity index (χ0n) is 10.8. The summed E-state index contributed by atoms with van der Waals surface area (Å²) in [4.78, 5) is 5.78. The number of aromatic amines is 1. The quantitative estimate of drug-likeness (QED) is 0.616. The molecule has 6 heteroatoms. The lowest BCUT2D eigenvalue weighted by atomic mass is 10.1. The molecule has 100 valence electrons. The molecule has 0 amide bonds. The average molecular weight is 291 g/mol. The minimum Gasteiger partial charge on any atom is -0.290 e. The summed E-state index contributed by atoms with van der Waals surface area (Å²) in [5, 5.41) is 17.9. The van der Waals surface area contributed by atoms with Crippen LogP contribution in [-0.2, 0) is 0 Å². The lowest BCUT2D eigenvalue weighted by Crippen LogP contribution is -1.86. The minimum atomic E-state index is 0.643. The zero-order valence-corrected chi connectivity index (χ0v) is 11.6. The first-order chi connectivity index (χ1) is 10.4. The Balaban J connectivity index is 1.93. The first-order valence-corrected chi connectivity index (χ1v) is 7.21. The van der Waals surface area contributed by atoms with E-state index < -0.39 is 0 Å². The first-order valence-electron chi connectivity index (χ1n) is 6.33. The van der Waals surface area contributed by atoms with Crippen LogP contribution < -0.4 is 0 Å². The van der Waals surface area contributed by atoms with Gasteiger partial charge in [-0.05, 0) is 30.3 Å². The van der Waals surface area contributed by atoms with Gasteiger partial charge in [0.1, 0.15) is 22.0 Å². The Labute approximate surface area is 124 Å². The van der Waals surface area contributed by atoms with E-state index in [0.29, 0.717) is 5.56 Å². The summed E-state index contributed by atoms with van der Waals surface area (Å²) in [5.41, 5.74) is 3.31. The maximum atomic E-state index is 8.89. The van der Waals surface area contributed by atoms with E-state index in [1.807, 2.05) is 29.8 Å². The summed E-state index contributed by atoms with van der Waals surface area (Å²) < 4.78 is 2.05. The summed E-state index contributed by atoms with van der Waals surface area (Å²) in [6, 6.07) is 11.5. The molecular formula is C15H9N5S. The van der Waals surface area contributed by atoms with Crippen LogP contribution in [0.25, 0.3) is 27.6 Å². The van der Waals surface area contributed by atoms with E-state index in [0.717, 1.165) is 27.6 Å². The number of thiazole rings is 1. The summed E-state index contributed by atoms with van der Waals surface area (Å²) in [7, 11) is 0. The molecule has 0 bridgehead atoms. The average Bonchev–Trinajstić information content (AvgIpc) is 3.24. The Hall–Kier alpha value is -2.91. The van der Waals surface area contributed by atoms with Crippen LogP contribution in [0.4, 0.5) is 0 Å². The highest BCUT2D eigenvalue weighted by molar-refractivity contribution is 7.16. The second kappa shape index (κ2) is 4.58. The molecule has 0 unspecified atom stereocenters. The molecule has 0 spiro atoms. The molecule has 3 aromatic heterocycles. The van der Waals surface area contributed by atoms with Gasteiger partial charge in [-0.2, -0.15) is 10.4 Å². The molecule has 0 aliphatic heterocycles. The third-order valence-corrected chi connectivity index (χ3v) is 4.14. The fraction of sp³-hybridized carbons (Fsp3) is 0. The van der Waals surface area contributed by atoms with Crippen LogP contribution in [0.2, 0.25) is 0 Å². The van der Waals surface area contributed by atoms with Gasteiger partial charge in [-0.1, -0.05) is 0 Å². The Morgan fingerprint density at radius 3 is 2.76 bits per heavy atom. The maximum absolute atomic E-state index is 8.89. The molecule has 0 saturated carbocycles. The molecule has 0 radical (unpaired) electrons. The number of benzene rings is 1. The Kier molecular flexibility index (Phi) is 2.59. The second-order valence-electron chi connectivity index (χ2n) is 4.51. The maximum Gasteiger partial charge on any atom is 0.146 e. The monoisotopic (exact) mass is 291 g/mol. The van der Waals surface area contributed by atoms with Crippen molar-refractivity contribution in [2.24, 2.45) is 0 Å². The Morgan fingerprint density at radius 2 is 2.05 bits per heavy atom. The van der Waals surface area contributed by atoms with E-state index in [1.54, 1.807) is 29.7 Å². The number of hydrogen-bond donors (Lipinski definition) is 1. The third-order valence-electron chi connectivity index (χ3n) is 3.27. The Morgan fingerprint density at radius 1 is 1.19 bits per heavy atom. The Bertz CT molecular complexity index is 938. The zero-order chi connectivity index (χ0) is 14.2. The van der Waals surface area contributed by atoms with Crippen LogP contribution in [0.15, 0.2) is 48.1 Å². The molecule has 0 atom stereocenters. The minimum absolute atomic E-state index is 0.643. The topological polar surface area (TPSA) is 69.8 Å². The third kappa shape index (κ3) is 1.83. The normalized spacial score (nSPS) is 10.8. The number of fused-ring (bicyclic) bond motifs is 1. The largest absolute Gasteiger partial charge is 0.290 e. The number of imidazole rings is 1. The van der Waals surface area contributed by atoms with Gasteiger partial charge in [0.15, 0.2) is 0 Å². The molecule has 4 rings (SSSR count). The molecule has 1 N–H and O–H groups in total. The summed E-state index contributed by atoms with van der Waals surface area (Å²) in [5.74, 6) is 0.855. The first kappa shape index (κ1) is 11.9. The van der Waals surface area contributed by atoms with Gasteiger partial charge in [0.2, 0.25) is 0 Å². The van der Waals surface area contributed by atoms with Gasteiger partial charge in [-0.3, -0.25) is 9.50 Å². The van der Waals surface area contributed by atoms with Crippen molar-refractivity contribution in [3.8, 4) is 28.8 Å².